The zero-order chi connectivity index (χ0) is 16.1. The van der Waals surface area contributed by atoms with Gasteiger partial charge in [0.15, 0.2) is 5.78 Å². The minimum Gasteiger partial charge on any atom is -0.496 e. The molecule has 3 heteroatoms. The number of ketones is 1. The number of rotatable bonds is 2. The summed E-state index contributed by atoms with van der Waals surface area (Å²) in [5.74, 6) is 1.36. The van der Waals surface area contributed by atoms with E-state index >= 15 is 0 Å². The fourth-order valence-corrected chi connectivity index (χ4v) is 4.51. The minimum absolute atomic E-state index is 0.0128. The van der Waals surface area contributed by atoms with Crippen LogP contribution in [0.3, 0.4) is 0 Å². The second-order valence-corrected chi connectivity index (χ2v) is 7.34. The van der Waals surface area contributed by atoms with Crippen LogP contribution in [-0.2, 0) is 16.6 Å². The standard InChI is InChI=1S/C19H26O3/c1-12(2)13-7-8-15-14(17(13)22-4)9-11-19(21)16(20)6-5-10-18(15,19)3/h7-8,12,21H,5-6,9-11H2,1-4H3/t18-,19+/m0/s1. The first-order chi connectivity index (χ1) is 10.3. The second kappa shape index (κ2) is 5.09. The van der Waals surface area contributed by atoms with Gasteiger partial charge in [0.05, 0.1) is 7.11 Å². The number of benzene rings is 1. The molecule has 3 rings (SSSR count). The Morgan fingerprint density at radius 1 is 1.23 bits per heavy atom. The van der Waals surface area contributed by atoms with Crippen LogP contribution < -0.4 is 4.74 Å². The van der Waals surface area contributed by atoms with Crippen LogP contribution in [0.4, 0.5) is 0 Å². The Bertz CT molecular complexity index is 619. The zero-order valence-electron chi connectivity index (χ0n) is 14.0. The third kappa shape index (κ3) is 1.88. The highest BCUT2D eigenvalue weighted by Crippen LogP contribution is 2.53. The fourth-order valence-electron chi connectivity index (χ4n) is 4.51. The molecule has 0 aromatic heterocycles. The molecule has 22 heavy (non-hydrogen) atoms. The maximum atomic E-state index is 12.4. The van der Waals surface area contributed by atoms with E-state index in [1.807, 2.05) is 0 Å². The normalized spacial score (nSPS) is 30.9. The number of hydrogen-bond donors (Lipinski definition) is 1. The lowest BCUT2D eigenvalue weighted by molar-refractivity contribution is -0.153. The van der Waals surface area contributed by atoms with Gasteiger partial charge in [-0.15, -0.1) is 0 Å². The Morgan fingerprint density at radius 2 is 1.95 bits per heavy atom. The lowest BCUT2D eigenvalue weighted by Crippen LogP contribution is -2.60. The van der Waals surface area contributed by atoms with Gasteiger partial charge in [-0.3, -0.25) is 4.79 Å². The molecule has 0 heterocycles. The van der Waals surface area contributed by atoms with Crippen molar-refractivity contribution in [2.45, 2.75) is 69.8 Å². The van der Waals surface area contributed by atoms with Crippen molar-refractivity contribution < 1.29 is 14.6 Å². The summed E-state index contributed by atoms with van der Waals surface area (Å²) in [6.45, 7) is 6.38. The lowest BCUT2D eigenvalue weighted by Gasteiger charge is -2.51. The highest BCUT2D eigenvalue weighted by Gasteiger charge is 2.57. The van der Waals surface area contributed by atoms with Crippen LogP contribution in [0.5, 0.6) is 5.75 Å². The first-order valence-electron chi connectivity index (χ1n) is 8.31. The van der Waals surface area contributed by atoms with E-state index in [2.05, 4.69) is 32.9 Å². The van der Waals surface area contributed by atoms with E-state index < -0.39 is 11.0 Å². The molecule has 0 amide bonds. The second-order valence-electron chi connectivity index (χ2n) is 7.34. The van der Waals surface area contributed by atoms with Gasteiger partial charge in [-0.2, -0.15) is 0 Å². The summed E-state index contributed by atoms with van der Waals surface area (Å²) in [5, 5.41) is 11.1. The maximum Gasteiger partial charge on any atom is 0.165 e. The molecule has 1 aromatic rings. The van der Waals surface area contributed by atoms with Gasteiger partial charge in [-0.05, 0) is 48.3 Å². The van der Waals surface area contributed by atoms with Crippen LogP contribution in [0.2, 0.25) is 0 Å². The van der Waals surface area contributed by atoms with Gasteiger partial charge in [-0.25, -0.2) is 0 Å². The minimum atomic E-state index is -1.21. The van der Waals surface area contributed by atoms with Crippen molar-refractivity contribution in [3.05, 3.63) is 28.8 Å². The topological polar surface area (TPSA) is 46.5 Å². The predicted molar refractivity (Wildman–Crippen MR) is 86.6 cm³/mol. The highest BCUT2D eigenvalue weighted by atomic mass is 16.5. The molecule has 3 nitrogen and oxygen atoms in total. The average Bonchev–Trinajstić information content (AvgIpc) is 2.48. The Kier molecular flexibility index (Phi) is 3.59. The highest BCUT2D eigenvalue weighted by molar-refractivity contribution is 5.90. The van der Waals surface area contributed by atoms with E-state index in [1.165, 1.54) is 11.1 Å². The number of fused-ring (bicyclic) bond motifs is 3. The van der Waals surface area contributed by atoms with Crippen LogP contribution in [0.15, 0.2) is 12.1 Å². The third-order valence-electron chi connectivity index (χ3n) is 5.90. The summed E-state index contributed by atoms with van der Waals surface area (Å²) in [7, 11) is 1.72. The first-order valence-corrected chi connectivity index (χ1v) is 8.31. The molecule has 1 aromatic carbocycles. The van der Waals surface area contributed by atoms with Crippen molar-refractivity contribution in [2.75, 3.05) is 7.11 Å². The van der Waals surface area contributed by atoms with Crippen molar-refractivity contribution >= 4 is 5.78 Å². The van der Waals surface area contributed by atoms with Crippen molar-refractivity contribution in [1.29, 1.82) is 0 Å². The van der Waals surface area contributed by atoms with Gasteiger partial charge in [-0.1, -0.05) is 32.9 Å². The van der Waals surface area contributed by atoms with Gasteiger partial charge in [0.2, 0.25) is 0 Å². The molecule has 1 saturated carbocycles. The summed E-state index contributed by atoms with van der Waals surface area (Å²) in [6.07, 6.45) is 3.42. The Labute approximate surface area is 132 Å². The van der Waals surface area contributed by atoms with Crippen LogP contribution in [-0.4, -0.2) is 23.6 Å². The molecule has 120 valence electrons. The Morgan fingerprint density at radius 3 is 2.59 bits per heavy atom. The van der Waals surface area contributed by atoms with Crippen LogP contribution in [0.1, 0.15) is 69.1 Å². The van der Waals surface area contributed by atoms with Gasteiger partial charge < -0.3 is 9.84 Å². The van der Waals surface area contributed by atoms with Crippen molar-refractivity contribution in [3.63, 3.8) is 0 Å². The van der Waals surface area contributed by atoms with Crippen LogP contribution in [0.25, 0.3) is 0 Å². The molecule has 2 atom stereocenters. The number of carbonyl (C=O) groups is 1. The molecule has 2 aliphatic rings. The van der Waals surface area contributed by atoms with Gasteiger partial charge in [0.25, 0.3) is 0 Å². The zero-order valence-corrected chi connectivity index (χ0v) is 14.0. The number of carbonyl (C=O) groups excluding carboxylic acids is 1. The molecular weight excluding hydrogens is 276 g/mol. The summed E-state index contributed by atoms with van der Waals surface area (Å²) >= 11 is 0. The summed E-state index contributed by atoms with van der Waals surface area (Å²) in [4.78, 5) is 12.4. The maximum absolute atomic E-state index is 12.4. The van der Waals surface area contributed by atoms with E-state index in [0.717, 1.165) is 24.2 Å². The monoisotopic (exact) mass is 302 g/mol. The average molecular weight is 302 g/mol. The van der Waals surface area contributed by atoms with E-state index in [0.29, 0.717) is 25.2 Å². The fraction of sp³-hybridized carbons (Fsp3) is 0.632. The SMILES string of the molecule is COc1c(C(C)C)ccc2c1CC[C@@]1(O)C(=O)CCC[C@@]21C. The molecule has 1 fully saturated rings. The third-order valence-corrected chi connectivity index (χ3v) is 5.90. The number of hydrogen-bond acceptors (Lipinski definition) is 3. The van der Waals surface area contributed by atoms with Crippen LogP contribution >= 0.6 is 0 Å². The van der Waals surface area contributed by atoms with E-state index in [9.17, 15) is 9.90 Å². The van der Waals surface area contributed by atoms with Crippen molar-refractivity contribution in [3.8, 4) is 5.75 Å². The molecule has 2 aliphatic carbocycles. The molecular formula is C19H26O3. The molecule has 0 saturated heterocycles. The van der Waals surface area contributed by atoms with Crippen molar-refractivity contribution in [1.82, 2.24) is 0 Å². The van der Waals surface area contributed by atoms with E-state index in [4.69, 9.17) is 4.74 Å². The van der Waals surface area contributed by atoms with Crippen molar-refractivity contribution in [2.24, 2.45) is 0 Å². The predicted octanol–water partition coefficient (Wildman–Crippen LogP) is 3.51. The van der Waals surface area contributed by atoms with Gasteiger partial charge in [0, 0.05) is 11.8 Å². The smallest absolute Gasteiger partial charge is 0.165 e. The molecule has 1 N–H and O–H groups in total. The Balaban J connectivity index is 2.21. The summed E-state index contributed by atoms with van der Waals surface area (Å²) in [6, 6.07) is 4.23. The molecule has 0 radical (unpaired) electrons. The lowest BCUT2D eigenvalue weighted by atomic mass is 9.54. The summed E-state index contributed by atoms with van der Waals surface area (Å²) in [5.41, 5.74) is 1.81. The molecule has 0 spiro atoms. The van der Waals surface area contributed by atoms with Gasteiger partial charge >= 0.3 is 0 Å². The quantitative estimate of drug-likeness (QED) is 0.909. The summed E-state index contributed by atoms with van der Waals surface area (Å²) < 4.78 is 5.72. The number of methoxy groups -OCH3 is 1. The molecule has 0 unspecified atom stereocenters. The number of Topliss-reactive ketones (excluding diaryl/α,β-unsaturated/α-hetero) is 1. The number of ether oxygens (including phenoxy) is 1. The van der Waals surface area contributed by atoms with E-state index in [1.54, 1.807) is 7.11 Å². The molecule has 0 bridgehead atoms. The number of aliphatic hydroxyl groups is 1. The van der Waals surface area contributed by atoms with E-state index in [-0.39, 0.29) is 5.78 Å². The molecule has 0 aliphatic heterocycles. The Hall–Kier alpha value is -1.35. The van der Waals surface area contributed by atoms with Crippen LogP contribution in [0, 0.1) is 0 Å². The first kappa shape index (κ1) is 15.5. The van der Waals surface area contributed by atoms with Gasteiger partial charge in [0.1, 0.15) is 11.4 Å². The largest absolute Gasteiger partial charge is 0.496 e.